The number of nitrogens with one attached hydrogen (secondary N) is 1. The molecule has 1 amide bonds. The van der Waals surface area contributed by atoms with Crippen LogP contribution in [-0.4, -0.2) is 42.7 Å². The number of likely N-dealkylation sites (N-methyl/N-ethyl adjacent to an activating group) is 1. The zero-order chi connectivity index (χ0) is 10.6. The smallest absolute Gasteiger partial charge is 0.229 e. The van der Waals surface area contributed by atoms with Crippen LogP contribution in [0.15, 0.2) is 0 Å². The van der Waals surface area contributed by atoms with Gasteiger partial charge in [-0.15, -0.1) is 0 Å². The van der Waals surface area contributed by atoms with E-state index in [1.165, 1.54) is 25.7 Å². The second-order valence-corrected chi connectivity index (χ2v) is 4.58. The van der Waals surface area contributed by atoms with Crippen molar-refractivity contribution in [3.63, 3.8) is 0 Å². The average molecular weight is 216 g/mol. The van der Waals surface area contributed by atoms with Gasteiger partial charge in [0.2, 0.25) is 5.91 Å². The molecule has 14 heavy (non-hydrogen) atoms. The Hall–Kier alpha value is -0.220. The molecule has 0 spiro atoms. The largest absolute Gasteiger partial charge is 0.354 e. The second-order valence-electron chi connectivity index (χ2n) is 4.26. The Morgan fingerprint density at radius 3 is 2.43 bits per heavy atom. The zero-order valence-corrected chi connectivity index (χ0v) is 9.94. The Bertz CT molecular complexity index is 200. The SMILES string of the molecule is CN(C)C1(CNC(=O)CS)CCCC1. The van der Waals surface area contributed by atoms with Gasteiger partial charge in [-0.05, 0) is 26.9 Å². The summed E-state index contributed by atoms with van der Waals surface area (Å²) in [5.74, 6) is 0.310. The quantitative estimate of drug-likeness (QED) is 0.685. The number of thiol groups is 1. The number of hydrogen-bond acceptors (Lipinski definition) is 3. The van der Waals surface area contributed by atoms with E-state index in [1.807, 2.05) is 0 Å². The molecule has 0 radical (unpaired) electrons. The van der Waals surface area contributed by atoms with Crippen LogP contribution in [0.3, 0.4) is 0 Å². The first-order valence-corrected chi connectivity index (χ1v) is 5.79. The molecule has 1 aliphatic rings. The highest BCUT2D eigenvalue weighted by Crippen LogP contribution is 2.32. The third-order valence-corrected chi connectivity index (χ3v) is 3.53. The first kappa shape index (κ1) is 11.9. The Kier molecular flexibility index (Phi) is 4.26. The maximum Gasteiger partial charge on any atom is 0.229 e. The van der Waals surface area contributed by atoms with E-state index in [4.69, 9.17) is 0 Å². The van der Waals surface area contributed by atoms with Gasteiger partial charge in [-0.25, -0.2) is 0 Å². The summed E-state index contributed by atoms with van der Waals surface area (Å²) in [6.07, 6.45) is 4.92. The lowest BCUT2D eigenvalue weighted by Gasteiger charge is -2.36. The van der Waals surface area contributed by atoms with Crippen LogP contribution in [0, 0.1) is 0 Å². The molecule has 1 rings (SSSR count). The van der Waals surface area contributed by atoms with Gasteiger partial charge in [-0.3, -0.25) is 4.79 Å². The van der Waals surface area contributed by atoms with Gasteiger partial charge in [0.1, 0.15) is 0 Å². The highest BCUT2D eigenvalue weighted by Gasteiger charge is 2.35. The highest BCUT2D eigenvalue weighted by molar-refractivity contribution is 7.81. The predicted molar refractivity (Wildman–Crippen MR) is 61.7 cm³/mol. The molecule has 0 unspecified atom stereocenters. The van der Waals surface area contributed by atoms with Crippen LogP contribution in [0.1, 0.15) is 25.7 Å². The lowest BCUT2D eigenvalue weighted by atomic mass is 9.96. The molecule has 0 heterocycles. The highest BCUT2D eigenvalue weighted by atomic mass is 32.1. The first-order chi connectivity index (χ1) is 6.60. The van der Waals surface area contributed by atoms with E-state index in [9.17, 15) is 4.79 Å². The molecule has 0 aromatic heterocycles. The minimum Gasteiger partial charge on any atom is -0.354 e. The Balaban J connectivity index is 2.48. The van der Waals surface area contributed by atoms with Gasteiger partial charge in [0.25, 0.3) is 0 Å². The summed E-state index contributed by atoms with van der Waals surface area (Å²) < 4.78 is 0. The molecule has 0 aromatic rings. The van der Waals surface area contributed by atoms with Crippen molar-refractivity contribution in [2.24, 2.45) is 0 Å². The molecule has 82 valence electrons. The maximum atomic E-state index is 11.1. The van der Waals surface area contributed by atoms with Crippen LogP contribution >= 0.6 is 12.6 Å². The normalized spacial score (nSPS) is 20.0. The van der Waals surface area contributed by atoms with Crippen molar-refractivity contribution in [1.82, 2.24) is 10.2 Å². The van der Waals surface area contributed by atoms with Crippen LogP contribution in [-0.2, 0) is 4.79 Å². The van der Waals surface area contributed by atoms with Gasteiger partial charge >= 0.3 is 0 Å². The summed E-state index contributed by atoms with van der Waals surface area (Å²) >= 11 is 3.95. The van der Waals surface area contributed by atoms with Crippen molar-refractivity contribution >= 4 is 18.5 Å². The van der Waals surface area contributed by atoms with Crippen molar-refractivity contribution in [2.75, 3.05) is 26.4 Å². The number of carbonyl (C=O) groups excluding carboxylic acids is 1. The topological polar surface area (TPSA) is 32.3 Å². The molecule has 0 aromatic carbocycles. The summed E-state index contributed by atoms with van der Waals surface area (Å²) in [6, 6.07) is 0. The molecular formula is C10H20N2OS. The second kappa shape index (κ2) is 5.03. The third-order valence-electron chi connectivity index (χ3n) is 3.24. The number of nitrogens with zero attached hydrogens (tertiary/aromatic N) is 1. The molecule has 1 N–H and O–H groups in total. The van der Waals surface area contributed by atoms with Crippen molar-refractivity contribution < 1.29 is 4.79 Å². The van der Waals surface area contributed by atoms with Gasteiger partial charge in [0, 0.05) is 12.1 Å². The fourth-order valence-electron chi connectivity index (χ4n) is 2.13. The maximum absolute atomic E-state index is 11.1. The minimum absolute atomic E-state index is 0.0291. The fourth-order valence-corrected chi connectivity index (χ4v) is 2.25. The van der Waals surface area contributed by atoms with Crippen LogP contribution in [0.25, 0.3) is 0 Å². The predicted octanol–water partition coefficient (Wildman–Crippen LogP) is 0.907. The van der Waals surface area contributed by atoms with Crippen molar-refractivity contribution in [1.29, 1.82) is 0 Å². The Morgan fingerprint density at radius 1 is 1.43 bits per heavy atom. The Morgan fingerprint density at radius 2 is 2.00 bits per heavy atom. The first-order valence-electron chi connectivity index (χ1n) is 5.16. The summed E-state index contributed by atoms with van der Waals surface area (Å²) in [5.41, 5.74) is 0.193. The van der Waals surface area contributed by atoms with E-state index in [0.29, 0.717) is 0 Å². The molecule has 1 saturated carbocycles. The van der Waals surface area contributed by atoms with E-state index in [0.717, 1.165) is 6.54 Å². The standard InChI is InChI=1S/C10H20N2OS/c1-12(2)10(5-3-4-6-10)8-11-9(13)7-14/h14H,3-8H2,1-2H3,(H,11,13). The summed E-state index contributed by atoms with van der Waals surface area (Å²) in [5, 5.41) is 2.94. The third kappa shape index (κ3) is 2.64. The van der Waals surface area contributed by atoms with E-state index >= 15 is 0 Å². The van der Waals surface area contributed by atoms with Crippen molar-refractivity contribution in [2.45, 2.75) is 31.2 Å². The molecule has 0 atom stereocenters. The van der Waals surface area contributed by atoms with Crippen LogP contribution in [0.2, 0.25) is 0 Å². The average Bonchev–Trinajstić information content (AvgIpc) is 2.64. The van der Waals surface area contributed by atoms with Gasteiger partial charge < -0.3 is 10.2 Å². The van der Waals surface area contributed by atoms with Gasteiger partial charge in [0.05, 0.1) is 5.75 Å². The number of rotatable bonds is 4. The minimum atomic E-state index is 0.0291. The van der Waals surface area contributed by atoms with E-state index in [-0.39, 0.29) is 17.2 Å². The number of amides is 1. The Labute approximate surface area is 91.6 Å². The lowest BCUT2D eigenvalue weighted by Crippen LogP contribution is -2.51. The van der Waals surface area contributed by atoms with Crippen LogP contribution < -0.4 is 5.32 Å². The molecule has 4 heteroatoms. The molecule has 0 bridgehead atoms. The van der Waals surface area contributed by atoms with Crippen molar-refractivity contribution in [3.8, 4) is 0 Å². The van der Waals surface area contributed by atoms with E-state index < -0.39 is 0 Å². The monoisotopic (exact) mass is 216 g/mol. The summed E-state index contributed by atoms with van der Waals surface area (Å²) in [6.45, 7) is 0.763. The van der Waals surface area contributed by atoms with E-state index in [2.05, 4.69) is 36.9 Å². The summed E-state index contributed by atoms with van der Waals surface area (Å²) in [4.78, 5) is 13.4. The van der Waals surface area contributed by atoms with Crippen molar-refractivity contribution in [3.05, 3.63) is 0 Å². The molecule has 0 saturated heterocycles. The zero-order valence-electron chi connectivity index (χ0n) is 9.05. The number of carbonyl (C=O) groups is 1. The number of hydrogen-bond donors (Lipinski definition) is 2. The molecule has 0 aliphatic heterocycles. The van der Waals surface area contributed by atoms with Gasteiger partial charge in [-0.2, -0.15) is 12.6 Å². The van der Waals surface area contributed by atoms with Crippen LogP contribution in [0.4, 0.5) is 0 Å². The summed E-state index contributed by atoms with van der Waals surface area (Å²) in [7, 11) is 4.19. The van der Waals surface area contributed by atoms with Crippen LogP contribution in [0.5, 0.6) is 0 Å². The van der Waals surface area contributed by atoms with Gasteiger partial charge in [-0.1, -0.05) is 12.8 Å². The molecule has 1 fully saturated rings. The molecular weight excluding hydrogens is 196 g/mol. The molecule has 1 aliphatic carbocycles. The fraction of sp³-hybridized carbons (Fsp3) is 0.900. The lowest BCUT2D eigenvalue weighted by molar-refractivity contribution is -0.119. The molecule has 3 nitrogen and oxygen atoms in total. The van der Waals surface area contributed by atoms with Gasteiger partial charge in [0.15, 0.2) is 0 Å². The van der Waals surface area contributed by atoms with E-state index in [1.54, 1.807) is 0 Å².